The number of hydrogen-bond acceptors (Lipinski definition) is 1. The predicted molar refractivity (Wildman–Crippen MR) is 65.3 cm³/mol. The fraction of sp³-hybridized carbons (Fsp3) is 0.500. The van der Waals surface area contributed by atoms with Crippen LogP contribution in [0.5, 0.6) is 0 Å². The summed E-state index contributed by atoms with van der Waals surface area (Å²) in [6.45, 7) is 5.18. The molecule has 78 valence electrons. The van der Waals surface area contributed by atoms with Gasteiger partial charge in [-0.2, -0.15) is 0 Å². The molecular weight excluding hydrogens is 238 g/mol. The van der Waals surface area contributed by atoms with Crippen LogP contribution in [0.1, 0.15) is 25.8 Å². The summed E-state index contributed by atoms with van der Waals surface area (Å²) in [5.74, 6) is 0. The van der Waals surface area contributed by atoms with E-state index >= 15 is 0 Å². The maximum Gasteiger partial charge on any atom is 0.0177 e. The summed E-state index contributed by atoms with van der Waals surface area (Å²) in [6.07, 6.45) is 2.24. The van der Waals surface area contributed by atoms with Gasteiger partial charge in [0.1, 0.15) is 0 Å². The zero-order valence-corrected chi connectivity index (χ0v) is 10.5. The van der Waals surface area contributed by atoms with Gasteiger partial charge < -0.3 is 5.73 Å². The fourth-order valence-corrected chi connectivity index (χ4v) is 1.72. The van der Waals surface area contributed by atoms with Gasteiger partial charge in [-0.05, 0) is 42.5 Å². The van der Waals surface area contributed by atoms with Crippen LogP contribution < -0.4 is 5.73 Å². The average Bonchev–Trinajstić information content (AvgIpc) is 2.15. The van der Waals surface area contributed by atoms with Crippen molar-refractivity contribution in [2.75, 3.05) is 6.54 Å². The van der Waals surface area contributed by atoms with Crippen LogP contribution in [0.3, 0.4) is 0 Å². The van der Waals surface area contributed by atoms with Crippen molar-refractivity contribution in [2.45, 2.75) is 26.7 Å². The van der Waals surface area contributed by atoms with Crippen LogP contribution in [0.15, 0.2) is 28.7 Å². The third-order valence-corrected chi connectivity index (χ3v) is 3.03. The molecule has 2 heteroatoms. The third kappa shape index (κ3) is 3.81. The Bertz CT molecular complexity index is 294. The Morgan fingerprint density at radius 3 is 2.64 bits per heavy atom. The standard InChI is InChI=1S/C12H18BrN/c1-12(2,9-14)7-6-10-4-3-5-11(13)8-10/h3-5,8H,6-7,9,14H2,1-2H3. The van der Waals surface area contributed by atoms with E-state index < -0.39 is 0 Å². The van der Waals surface area contributed by atoms with E-state index in [1.807, 2.05) is 0 Å². The van der Waals surface area contributed by atoms with Crippen LogP contribution in [0.4, 0.5) is 0 Å². The maximum atomic E-state index is 5.69. The smallest absolute Gasteiger partial charge is 0.0177 e. The highest BCUT2D eigenvalue weighted by Crippen LogP contribution is 2.22. The van der Waals surface area contributed by atoms with E-state index in [9.17, 15) is 0 Å². The first-order valence-electron chi connectivity index (χ1n) is 4.98. The SMILES string of the molecule is CC(C)(CN)CCc1cccc(Br)c1. The second kappa shape index (κ2) is 4.94. The van der Waals surface area contributed by atoms with Gasteiger partial charge in [-0.25, -0.2) is 0 Å². The van der Waals surface area contributed by atoms with Crippen LogP contribution in [0.2, 0.25) is 0 Å². The van der Waals surface area contributed by atoms with Crippen molar-refractivity contribution in [1.29, 1.82) is 0 Å². The summed E-state index contributed by atoms with van der Waals surface area (Å²) in [7, 11) is 0. The van der Waals surface area contributed by atoms with Crippen LogP contribution in [-0.2, 0) is 6.42 Å². The Kier molecular flexibility index (Phi) is 4.14. The molecule has 1 aromatic carbocycles. The van der Waals surface area contributed by atoms with E-state index in [1.54, 1.807) is 0 Å². The van der Waals surface area contributed by atoms with E-state index in [2.05, 4.69) is 54.0 Å². The van der Waals surface area contributed by atoms with Gasteiger partial charge in [0, 0.05) is 4.47 Å². The lowest BCUT2D eigenvalue weighted by molar-refractivity contribution is 0.348. The summed E-state index contributed by atoms with van der Waals surface area (Å²) >= 11 is 3.47. The number of aryl methyl sites for hydroxylation is 1. The number of halogens is 1. The first kappa shape index (κ1) is 11.7. The summed E-state index contributed by atoms with van der Waals surface area (Å²) in [5.41, 5.74) is 7.32. The van der Waals surface area contributed by atoms with Gasteiger partial charge in [0.05, 0.1) is 0 Å². The number of rotatable bonds is 4. The van der Waals surface area contributed by atoms with E-state index in [-0.39, 0.29) is 5.41 Å². The van der Waals surface area contributed by atoms with E-state index in [0.717, 1.165) is 23.9 Å². The van der Waals surface area contributed by atoms with Crippen molar-refractivity contribution < 1.29 is 0 Å². The molecule has 0 saturated carbocycles. The number of hydrogen-bond donors (Lipinski definition) is 1. The Labute approximate surface area is 94.8 Å². The second-order valence-corrected chi connectivity index (χ2v) is 5.41. The minimum absolute atomic E-state index is 0.252. The Balaban J connectivity index is 2.54. The molecule has 0 aromatic heterocycles. The van der Waals surface area contributed by atoms with Crippen LogP contribution >= 0.6 is 15.9 Å². The van der Waals surface area contributed by atoms with E-state index in [0.29, 0.717) is 0 Å². The van der Waals surface area contributed by atoms with E-state index in [1.165, 1.54) is 5.56 Å². The molecule has 0 aliphatic heterocycles. The maximum absolute atomic E-state index is 5.69. The minimum atomic E-state index is 0.252. The van der Waals surface area contributed by atoms with Crippen molar-refractivity contribution in [3.05, 3.63) is 34.3 Å². The molecule has 0 aliphatic rings. The van der Waals surface area contributed by atoms with Gasteiger partial charge >= 0.3 is 0 Å². The molecular formula is C12H18BrN. The topological polar surface area (TPSA) is 26.0 Å². The molecule has 0 amide bonds. The molecule has 0 unspecified atom stereocenters. The molecule has 0 bridgehead atoms. The van der Waals surface area contributed by atoms with Gasteiger partial charge in [-0.1, -0.05) is 41.9 Å². The summed E-state index contributed by atoms with van der Waals surface area (Å²) in [5, 5.41) is 0. The van der Waals surface area contributed by atoms with E-state index in [4.69, 9.17) is 5.73 Å². The highest BCUT2D eigenvalue weighted by molar-refractivity contribution is 9.10. The van der Waals surface area contributed by atoms with Crippen LogP contribution in [0.25, 0.3) is 0 Å². The Hall–Kier alpha value is -0.340. The molecule has 1 aromatic rings. The monoisotopic (exact) mass is 255 g/mol. The summed E-state index contributed by atoms with van der Waals surface area (Å²) < 4.78 is 1.15. The van der Waals surface area contributed by atoms with Crippen LogP contribution in [-0.4, -0.2) is 6.54 Å². The Morgan fingerprint density at radius 1 is 1.36 bits per heavy atom. The van der Waals surface area contributed by atoms with Gasteiger partial charge in [-0.3, -0.25) is 0 Å². The highest BCUT2D eigenvalue weighted by Gasteiger charge is 2.14. The number of nitrogens with two attached hydrogens (primary N) is 1. The molecule has 0 radical (unpaired) electrons. The molecule has 0 atom stereocenters. The third-order valence-electron chi connectivity index (χ3n) is 2.53. The van der Waals surface area contributed by atoms with Gasteiger partial charge in [0.15, 0.2) is 0 Å². The lowest BCUT2D eigenvalue weighted by Crippen LogP contribution is -2.23. The normalized spacial score (nSPS) is 11.7. The van der Waals surface area contributed by atoms with Gasteiger partial charge in [-0.15, -0.1) is 0 Å². The second-order valence-electron chi connectivity index (χ2n) is 4.50. The average molecular weight is 256 g/mol. The van der Waals surface area contributed by atoms with Gasteiger partial charge in [0.25, 0.3) is 0 Å². The quantitative estimate of drug-likeness (QED) is 0.878. The lowest BCUT2D eigenvalue weighted by Gasteiger charge is -2.21. The molecule has 0 fully saturated rings. The zero-order chi connectivity index (χ0) is 10.6. The largest absolute Gasteiger partial charge is 0.330 e. The molecule has 14 heavy (non-hydrogen) atoms. The summed E-state index contributed by atoms with van der Waals surface area (Å²) in [6, 6.07) is 8.47. The fourth-order valence-electron chi connectivity index (χ4n) is 1.28. The van der Waals surface area contributed by atoms with Crippen LogP contribution in [0, 0.1) is 5.41 Å². The van der Waals surface area contributed by atoms with Crippen molar-refractivity contribution >= 4 is 15.9 Å². The molecule has 0 heterocycles. The predicted octanol–water partition coefficient (Wildman–Crippen LogP) is 3.37. The molecule has 0 aliphatic carbocycles. The van der Waals surface area contributed by atoms with Crippen molar-refractivity contribution in [3.63, 3.8) is 0 Å². The summed E-state index contributed by atoms with van der Waals surface area (Å²) in [4.78, 5) is 0. The van der Waals surface area contributed by atoms with Crippen molar-refractivity contribution in [3.8, 4) is 0 Å². The first-order valence-corrected chi connectivity index (χ1v) is 5.77. The van der Waals surface area contributed by atoms with Crippen molar-refractivity contribution in [1.82, 2.24) is 0 Å². The molecule has 1 nitrogen and oxygen atoms in total. The molecule has 2 N–H and O–H groups in total. The van der Waals surface area contributed by atoms with Gasteiger partial charge in [0.2, 0.25) is 0 Å². The highest BCUT2D eigenvalue weighted by atomic mass is 79.9. The van der Waals surface area contributed by atoms with Crippen molar-refractivity contribution in [2.24, 2.45) is 11.1 Å². The lowest BCUT2D eigenvalue weighted by atomic mass is 9.86. The molecule has 1 rings (SSSR count). The first-order chi connectivity index (χ1) is 6.53. The minimum Gasteiger partial charge on any atom is -0.330 e. The Morgan fingerprint density at radius 2 is 2.07 bits per heavy atom. The number of benzene rings is 1. The molecule has 0 spiro atoms. The zero-order valence-electron chi connectivity index (χ0n) is 8.89. The molecule has 0 saturated heterocycles.